The Morgan fingerprint density at radius 2 is 2.20 bits per heavy atom. The average Bonchev–Trinajstić information content (AvgIpc) is 1.88. The molecule has 0 fully saturated rings. The van der Waals surface area contributed by atoms with Crippen LogP contribution in [0.3, 0.4) is 0 Å². The quantitative estimate of drug-likeness (QED) is 0.582. The topological polar surface area (TPSA) is 66.8 Å². The van der Waals surface area contributed by atoms with Gasteiger partial charge in [-0.25, -0.2) is 4.79 Å². The van der Waals surface area contributed by atoms with Gasteiger partial charge in [-0.1, -0.05) is 6.92 Å². The van der Waals surface area contributed by atoms with E-state index >= 15 is 0 Å². The first-order valence-corrected chi connectivity index (χ1v) is 3.07. The Morgan fingerprint density at radius 3 is 2.30 bits per heavy atom. The van der Waals surface area contributed by atoms with E-state index in [-0.39, 0.29) is 0 Å². The fourth-order valence-electron chi connectivity index (χ4n) is 0.637. The van der Waals surface area contributed by atoms with Gasteiger partial charge in [0.2, 0.25) is 0 Å². The Labute approximate surface area is 59.4 Å². The molecule has 4 nitrogen and oxygen atoms in total. The number of aliphatic hydroxyl groups is 1. The van der Waals surface area contributed by atoms with Crippen molar-refractivity contribution in [3.8, 4) is 0 Å². The van der Waals surface area contributed by atoms with Gasteiger partial charge in [-0.2, -0.15) is 0 Å². The molecule has 0 aliphatic heterocycles. The highest BCUT2D eigenvalue weighted by atomic mass is 16.5. The largest absolute Gasteiger partial charge is 0.479 e. The van der Waals surface area contributed by atoms with Gasteiger partial charge in [0.1, 0.15) is 0 Å². The molecule has 60 valence electrons. The molecule has 0 aromatic rings. The van der Waals surface area contributed by atoms with Gasteiger partial charge in [0.05, 0.1) is 6.10 Å². The number of aliphatic hydroxyl groups excluding tert-OH is 1. The standard InChI is InChI=1S/C6H12O4/c1-3-4(7)5(10-2)6(8)9/h4-5,7H,3H2,1-2H3,(H,8,9). The van der Waals surface area contributed by atoms with E-state index in [0.29, 0.717) is 6.42 Å². The molecule has 0 heterocycles. The van der Waals surface area contributed by atoms with Crippen LogP contribution in [0.4, 0.5) is 0 Å². The molecule has 0 spiro atoms. The third kappa shape index (κ3) is 2.33. The van der Waals surface area contributed by atoms with Crippen molar-refractivity contribution in [1.82, 2.24) is 0 Å². The zero-order valence-corrected chi connectivity index (χ0v) is 6.07. The highest BCUT2D eigenvalue weighted by Gasteiger charge is 2.23. The Kier molecular flexibility index (Phi) is 3.99. The maximum Gasteiger partial charge on any atom is 0.335 e. The van der Waals surface area contributed by atoms with Gasteiger partial charge in [-0.15, -0.1) is 0 Å². The molecule has 10 heavy (non-hydrogen) atoms. The van der Waals surface area contributed by atoms with E-state index in [2.05, 4.69) is 4.74 Å². The smallest absolute Gasteiger partial charge is 0.335 e. The molecule has 0 aliphatic carbocycles. The molecule has 0 saturated heterocycles. The summed E-state index contributed by atoms with van der Waals surface area (Å²) in [6.45, 7) is 1.69. The van der Waals surface area contributed by atoms with Crippen LogP contribution in [0.5, 0.6) is 0 Å². The van der Waals surface area contributed by atoms with Crippen molar-refractivity contribution in [3.63, 3.8) is 0 Å². The molecule has 2 unspecified atom stereocenters. The van der Waals surface area contributed by atoms with Crippen molar-refractivity contribution in [2.45, 2.75) is 25.6 Å². The third-order valence-corrected chi connectivity index (χ3v) is 1.27. The number of hydrogen-bond acceptors (Lipinski definition) is 3. The lowest BCUT2D eigenvalue weighted by Crippen LogP contribution is -2.34. The van der Waals surface area contributed by atoms with Gasteiger partial charge in [0.25, 0.3) is 0 Å². The van der Waals surface area contributed by atoms with Crippen molar-refractivity contribution in [2.75, 3.05) is 7.11 Å². The monoisotopic (exact) mass is 148 g/mol. The van der Waals surface area contributed by atoms with Gasteiger partial charge in [0.15, 0.2) is 6.10 Å². The van der Waals surface area contributed by atoms with Crippen LogP contribution in [0.1, 0.15) is 13.3 Å². The average molecular weight is 148 g/mol. The van der Waals surface area contributed by atoms with Crippen LogP contribution >= 0.6 is 0 Å². The number of ether oxygens (including phenoxy) is 1. The lowest BCUT2D eigenvalue weighted by atomic mass is 10.1. The van der Waals surface area contributed by atoms with Crippen LogP contribution in [-0.4, -0.2) is 35.5 Å². The number of rotatable bonds is 4. The van der Waals surface area contributed by atoms with Crippen LogP contribution < -0.4 is 0 Å². The zero-order chi connectivity index (χ0) is 8.15. The van der Waals surface area contributed by atoms with E-state index < -0.39 is 18.2 Å². The summed E-state index contributed by atoms with van der Waals surface area (Å²) in [6, 6.07) is 0. The van der Waals surface area contributed by atoms with E-state index in [9.17, 15) is 4.79 Å². The Hall–Kier alpha value is -0.610. The highest BCUT2D eigenvalue weighted by Crippen LogP contribution is 2.01. The second kappa shape index (κ2) is 4.24. The Morgan fingerprint density at radius 1 is 1.70 bits per heavy atom. The Bertz CT molecular complexity index is 112. The van der Waals surface area contributed by atoms with Gasteiger partial charge in [0, 0.05) is 7.11 Å². The first-order chi connectivity index (χ1) is 4.63. The molecule has 0 saturated carbocycles. The number of carboxylic acid groups (broad SMARTS) is 1. The van der Waals surface area contributed by atoms with E-state index in [4.69, 9.17) is 10.2 Å². The summed E-state index contributed by atoms with van der Waals surface area (Å²) >= 11 is 0. The van der Waals surface area contributed by atoms with E-state index in [1.165, 1.54) is 7.11 Å². The highest BCUT2D eigenvalue weighted by molar-refractivity contribution is 5.73. The molecule has 4 heteroatoms. The number of hydrogen-bond donors (Lipinski definition) is 2. The molecule has 0 amide bonds. The molecule has 0 bridgehead atoms. The maximum absolute atomic E-state index is 10.2. The summed E-state index contributed by atoms with van der Waals surface area (Å²) in [5.41, 5.74) is 0. The SMILES string of the molecule is CCC(O)C(OC)C(=O)O. The third-order valence-electron chi connectivity index (χ3n) is 1.27. The van der Waals surface area contributed by atoms with Crippen LogP contribution in [0.2, 0.25) is 0 Å². The van der Waals surface area contributed by atoms with Crippen LogP contribution in [0.15, 0.2) is 0 Å². The van der Waals surface area contributed by atoms with Crippen LogP contribution in [0.25, 0.3) is 0 Å². The molecule has 0 aliphatic rings. The molecule has 0 aromatic heterocycles. The van der Waals surface area contributed by atoms with Crippen molar-refractivity contribution < 1.29 is 19.7 Å². The predicted octanol–water partition coefficient (Wildman–Crippen LogP) is -0.143. The van der Waals surface area contributed by atoms with Gasteiger partial charge >= 0.3 is 5.97 Å². The maximum atomic E-state index is 10.2. The lowest BCUT2D eigenvalue weighted by molar-refractivity contribution is -0.155. The zero-order valence-electron chi connectivity index (χ0n) is 6.07. The minimum absolute atomic E-state index is 0.380. The summed E-state index contributed by atoms with van der Waals surface area (Å²) in [7, 11) is 1.26. The summed E-state index contributed by atoms with van der Waals surface area (Å²) in [6.07, 6.45) is -1.63. The fourth-order valence-corrected chi connectivity index (χ4v) is 0.637. The van der Waals surface area contributed by atoms with E-state index in [1.807, 2.05) is 0 Å². The lowest BCUT2D eigenvalue weighted by Gasteiger charge is -2.14. The predicted molar refractivity (Wildman–Crippen MR) is 34.7 cm³/mol. The summed E-state index contributed by atoms with van der Waals surface area (Å²) < 4.78 is 4.51. The molecule has 0 aromatic carbocycles. The number of methoxy groups -OCH3 is 1. The molecule has 2 N–H and O–H groups in total. The number of carbonyl (C=O) groups is 1. The summed E-state index contributed by atoms with van der Waals surface area (Å²) in [5.74, 6) is -1.13. The number of aliphatic carboxylic acids is 1. The van der Waals surface area contributed by atoms with Crippen LogP contribution in [0, 0.1) is 0 Å². The first kappa shape index (κ1) is 9.39. The fraction of sp³-hybridized carbons (Fsp3) is 0.833. The van der Waals surface area contributed by atoms with Gasteiger partial charge < -0.3 is 14.9 Å². The van der Waals surface area contributed by atoms with E-state index in [1.54, 1.807) is 6.92 Å². The van der Waals surface area contributed by atoms with Crippen LogP contribution in [-0.2, 0) is 9.53 Å². The van der Waals surface area contributed by atoms with Crippen molar-refractivity contribution >= 4 is 5.97 Å². The van der Waals surface area contributed by atoms with Crippen molar-refractivity contribution in [2.24, 2.45) is 0 Å². The summed E-state index contributed by atoms with van der Waals surface area (Å²) in [5, 5.41) is 17.4. The molecule has 2 atom stereocenters. The number of carboxylic acids is 1. The van der Waals surface area contributed by atoms with Gasteiger partial charge in [-0.3, -0.25) is 0 Å². The minimum atomic E-state index is -1.13. The molecular weight excluding hydrogens is 136 g/mol. The first-order valence-electron chi connectivity index (χ1n) is 3.07. The van der Waals surface area contributed by atoms with Crippen molar-refractivity contribution in [1.29, 1.82) is 0 Å². The van der Waals surface area contributed by atoms with Crippen molar-refractivity contribution in [3.05, 3.63) is 0 Å². The minimum Gasteiger partial charge on any atom is -0.479 e. The molecule has 0 radical (unpaired) electrons. The molecular formula is C6H12O4. The second-order valence-corrected chi connectivity index (χ2v) is 1.97. The second-order valence-electron chi connectivity index (χ2n) is 1.97. The Balaban J connectivity index is 3.92. The van der Waals surface area contributed by atoms with E-state index in [0.717, 1.165) is 0 Å². The summed E-state index contributed by atoms with van der Waals surface area (Å²) in [4.78, 5) is 10.2. The van der Waals surface area contributed by atoms with Gasteiger partial charge in [-0.05, 0) is 6.42 Å². The molecule has 0 rings (SSSR count). The normalized spacial score (nSPS) is 16.3.